The molecule has 0 atom stereocenters. The van der Waals surface area contributed by atoms with Crippen LogP contribution in [-0.2, 0) is 26.6 Å². The van der Waals surface area contributed by atoms with E-state index in [4.69, 9.17) is 4.84 Å². The first-order valence-corrected chi connectivity index (χ1v) is 10.1. The Morgan fingerprint density at radius 2 is 1.79 bits per heavy atom. The molecule has 1 saturated heterocycles. The molecule has 7 heteroatoms. The average Bonchev–Trinajstić information content (AvgIpc) is 3.08. The van der Waals surface area contributed by atoms with Crippen LogP contribution in [0.4, 0.5) is 0 Å². The molecular weight excluding hydrogens is 352 g/mol. The summed E-state index contributed by atoms with van der Waals surface area (Å²) >= 11 is 0. The number of benzene rings is 1. The summed E-state index contributed by atoms with van der Waals surface area (Å²) in [6.07, 6.45) is 3.24. The van der Waals surface area contributed by atoms with Crippen LogP contribution in [0, 0.1) is 0 Å². The lowest BCUT2D eigenvalue weighted by Gasteiger charge is -2.36. The van der Waals surface area contributed by atoms with E-state index in [2.05, 4.69) is 43.9 Å². The van der Waals surface area contributed by atoms with Gasteiger partial charge in [0, 0.05) is 96.4 Å². The molecule has 2 aromatic rings. The summed E-state index contributed by atoms with van der Waals surface area (Å²) in [4.78, 5) is 12.9. The van der Waals surface area contributed by atoms with Crippen LogP contribution in [0.2, 0.25) is 0 Å². The van der Waals surface area contributed by atoms with E-state index in [0.29, 0.717) is 0 Å². The van der Waals surface area contributed by atoms with Crippen molar-refractivity contribution in [2.75, 3.05) is 45.8 Å². The highest BCUT2D eigenvalue weighted by Gasteiger charge is 2.21. The van der Waals surface area contributed by atoms with Crippen LogP contribution in [0.1, 0.15) is 16.8 Å². The number of aryl methyl sites for hydroxylation is 1. The zero-order valence-electron chi connectivity index (χ0n) is 16.8. The SMILES string of the molecule is C=NOc1ccccc1CN1CCN(CCN2CCc3nn(C)cc3C2)CC1. The zero-order valence-corrected chi connectivity index (χ0v) is 16.8. The Bertz CT molecular complexity index is 796. The molecule has 0 amide bonds. The lowest BCUT2D eigenvalue weighted by molar-refractivity contribution is 0.111. The molecule has 0 saturated carbocycles. The van der Waals surface area contributed by atoms with Crippen LogP contribution in [0.25, 0.3) is 0 Å². The Morgan fingerprint density at radius 3 is 2.61 bits per heavy atom. The van der Waals surface area contributed by atoms with Crippen molar-refractivity contribution in [3.05, 3.63) is 47.3 Å². The lowest BCUT2D eigenvalue weighted by atomic mass is 10.1. The van der Waals surface area contributed by atoms with Crippen molar-refractivity contribution in [3.63, 3.8) is 0 Å². The Labute approximate surface area is 167 Å². The molecule has 0 spiro atoms. The Kier molecular flexibility index (Phi) is 6.04. The first-order valence-electron chi connectivity index (χ1n) is 10.1. The molecule has 0 N–H and O–H groups in total. The molecule has 2 aliphatic rings. The van der Waals surface area contributed by atoms with Crippen molar-refractivity contribution < 1.29 is 4.84 Å². The number of hydrogen-bond donors (Lipinski definition) is 0. The van der Waals surface area contributed by atoms with Gasteiger partial charge < -0.3 is 4.84 Å². The first kappa shape index (κ1) is 19.1. The molecule has 0 aliphatic carbocycles. The third-order valence-electron chi connectivity index (χ3n) is 5.78. The van der Waals surface area contributed by atoms with E-state index in [1.54, 1.807) is 0 Å². The number of oxime groups is 1. The van der Waals surface area contributed by atoms with Crippen LogP contribution >= 0.6 is 0 Å². The minimum atomic E-state index is 0.805. The number of hydrogen-bond acceptors (Lipinski definition) is 6. The van der Waals surface area contributed by atoms with Crippen molar-refractivity contribution in [1.82, 2.24) is 24.5 Å². The van der Waals surface area contributed by atoms with E-state index in [1.807, 2.05) is 29.9 Å². The van der Waals surface area contributed by atoms with Gasteiger partial charge in [0.15, 0.2) is 5.75 Å². The maximum Gasteiger partial charge on any atom is 0.162 e. The van der Waals surface area contributed by atoms with Crippen molar-refractivity contribution in [1.29, 1.82) is 0 Å². The fourth-order valence-corrected chi connectivity index (χ4v) is 4.19. The predicted molar refractivity (Wildman–Crippen MR) is 111 cm³/mol. The molecule has 1 aromatic heterocycles. The summed E-state index contributed by atoms with van der Waals surface area (Å²) in [7, 11) is 2.01. The molecule has 4 rings (SSSR count). The summed E-state index contributed by atoms with van der Waals surface area (Å²) in [5.74, 6) is 0.805. The van der Waals surface area contributed by atoms with Crippen molar-refractivity contribution >= 4 is 6.72 Å². The van der Waals surface area contributed by atoms with Crippen molar-refractivity contribution in [3.8, 4) is 5.75 Å². The second kappa shape index (κ2) is 8.86. The average molecular weight is 383 g/mol. The quantitative estimate of drug-likeness (QED) is 0.538. The lowest BCUT2D eigenvalue weighted by Crippen LogP contribution is -2.48. The van der Waals surface area contributed by atoms with Gasteiger partial charge in [0.25, 0.3) is 0 Å². The molecule has 7 nitrogen and oxygen atoms in total. The fourth-order valence-electron chi connectivity index (χ4n) is 4.19. The zero-order chi connectivity index (χ0) is 19.3. The van der Waals surface area contributed by atoms with E-state index >= 15 is 0 Å². The number of piperazine rings is 1. The normalized spacial score (nSPS) is 18.8. The largest absolute Gasteiger partial charge is 0.357 e. The van der Waals surface area contributed by atoms with Crippen molar-refractivity contribution in [2.24, 2.45) is 12.2 Å². The number of para-hydroxylation sites is 1. The fraction of sp³-hybridized carbons (Fsp3) is 0.524. The van der Waals surface area contributed by atoms with Gasteiger partial charge in [-0.25, -0.2) is 0 Å². The highest BCUT2D eigenvalue weighted by atomic mass is 16.6. The molecule has 150 valence electrons. The van der Waals surface area contributed by atoms with Crippen molar-refractivity contribution in [2.45, 2.75) is 19.5 Å². The molecule has 1 aromatic carbocycles. The second-order valence-corrected chi connectivity index (χ2v) is 7.75. The van der Waals surface area contributed by atoms with Gasteiger partial charge in [0.2, 0.25) is 0 Å². The summed E-state index contributed by atoms with van der Waals surface area (Å²) in [5, 5.41) is 8.12. The number of rotatable bonds is 7. The third kappa shape index (κ3) is 4.60. The van der Waals surface area contributed by atoms with E-state index in [-0.39, 0.29) is 0 Å². The molecule has 1 fully saturated rings. The topological polar surface area (TPSA) is 49.1 Å². The first-order chi connectivity index (χ1) is 13.7. The van der Waals surface area contributed by atoms with Crippen LogP contribution in [0.5, 0.6) is 5.75 Å². The highest BCUT2D eigenvalue weighted by Crippen LogP contribution is 2.21. The van der Waals surface area contributed by atoms with E-state index in [1.165, 1.54) is 16.8 Å². The van der Waals surface area contributed by atoms with Gasteiger partial charge in [-0.3, -0.25) is 19.4 Å². The summed E-state index contributed by atoms with van der Waals surface area (Å²) in [6.45, 7) is 13.2. The Balaban J connectivity index is 1.21. The molecule has 0 unspecified atom stereocenters. The Morgan fingerprint density at radius 1 is 1.04 bits per heavy atom. The van der Waals surface area contributed by atoms with Gasteiger partial charge in [-0.15, -0.1) is 0 Å². The smallest absolute Gasteiger partial charge is 0.162 e. The molecule has 28 heavy (non-hydrogen) atoms. The maximum absolute atomic E-state index is 5.30. The number of aromatic nitrogens is 2. The highest BCUT2D eigenvalue weighted by molar-refractivity contribution is 5.34. The van der Waals surface area contributed by atoms with Crippen LogP contribution in [-0.4, -0.2) is 77.0 Å². The number of nitrogens with zero attached hydrogens (tertiary/aromatic N) is 6. The molecule has 3 heterocycles. The molecular formula is C21H30N6O. The molecule has 0 bridgehead atoms. The van der Waals surface area contributed by atoms with Gasteiger partial charge in [-0.1, -0.05) is 23.4 Å². The Hall–Kier alpha value is -2.22. The minimum Gasteiger partial charge on any atom is -0.357 e. The second-order valence-electron chi connectivity index (χ2n) is 7.75. The maximum atomic E-state index is 5.30. The van der Waals surface area contributed by atoms with Gasteiger partial charge >= 0.3 is 0 Å². The standard InChI is InChI=1S/C21H30N6O/c1-22-28-21-6-4-3-5-18(21)16-27-13-10-25(11-14-27)9-12-26-8-7-20-19(17-26)15-24(2)23-20/h3-6,15H,1,7-14,16-17H2,2H3. The third-order valence-corrected chi connectivity index (χ3v) is 5.78. The van der Waals surface area contributed by atoms with Gasteiger partial charge in [-0.05, 0) is 6.07 Å². The molecule has 2 aliphatic heterocycles. The molecule has 0 radical (unpaired) electrons. The van der Waals surface area contributed by atoms with Gasteiger partial charge in [0.05, 0.1) is 5.69 Å². The summed E-state index contributed by atoms with van der Waals surface area (Å²) in [5.41, 5.74) is 3.85. The number of fused-ring (bicyclic) bond motifs is 1. The monoisotopic (exact) mass is 382 g/mol. The minimum absolute atomic E-state index is 0.805. The van der Waals surface area contributed by atoms with Crippen LogP contribution in [0.3, 0.4) is 0 Å². The van der Waals surface area contributed by atoms with E-state index < -0.39 is 0 Å². The van der Waals surface area contributed by atoms with Gasteiger partial charge in [-0.2, -0.15) is 5.10 Å². The summed E-state index contributed by atoms with van der Waals surface area (Å²) < 4.78 is 1.95. The van der Waals surface area contributed by atoms with Gasteiger partial charge in [0.1, 0.15) is 0 Å². The summed E-state index contributed by atoms with van der Waals surface area (Å²) in [6, 6.07) is 8.08. The van der Waals surface area contributed by atoms with E-state index in [9.17, 15) is 0 Å². The van der Waals surface area contributed by atoms with E-state index in [0.717, 1.165) is 71.1 Å². The van der Waals surface area contributed by atoms with Crippen LogP contribution < -0.4 is 4.84 Å². The predicted octanol–water partition coefficient (Wildman–Crippen LogP) is 1.59. The van der Waals surface area contributed by atoms with Crippen LogP contribution in [0.15, 0.2) is 35.6 Å².